The first-order chi connectivity index (χ1) is 9.79. The van der Waals surface area contributed by atoms with Crippen LogP contribution in [0.3, 0.4) is 0 Å². The smallest absolute Gasteiger partial charge is 0.207 e. The van der Waals surface area contributed by atoms with Gasteiger partial charge in [0, 0.05) is 29.6 Å². The maximum atomic E-state index is 3.87. The first-order valence-corrected chi connectivity index (χ1v) is 7.43. The van der Waals surface area contributed by atoms with Crippen LogP contribution in [-0.4, -0.2) is 6.54 Å². The van der Waals surface area contributed by atoms with Crippen molar-refractivity contribution in [2.75, 3.05) is 11.4 Å². The van der Waals surface area contributed by atoms with E-state index in [1.165, 1.54) is 21.3 Å². The lowest BCUT2D eigenvalue weighted by Crippen LogP contribution is -3.00. The number of aromatic nitrogens is 1. The molecule has 0 fully saturated rings. The topological polar surface area (TPSA) is 7.12 Å². The molecule has 0 radical (unpaired) electrons. The summed E-state index contributed by atoms with van der Waals surface area (Å²) in [7, 11) is 2.07. The number of aryl methyl sites for hydroxylation is 1. The van der Waals surface area contributed by atoms with Crippen LogP contribution in [0.2, 0.25) is 0 Å². The fourth-order valence-corrected chi connectivity index (χ4v) is 3.41. The minimum absolute atomic E-state index is 0. The van der Waals surface area contributed by atoms with Crippen molar-refractivity contribution < 1.29 is 28.5 Å². The van der Waals surface area contributed by atoms with E-state index in [-0.39, 0.29) is 24.0 Å². The molecule has 0 spiro atoms. The molecule has 1 aliphatic heterocycles. The Morgan fingerprint density at radius 1 is 1.19 bits per heavy atom. The Balaban J connectivity index is 0.00000161. The van der Waals surface area contributed by atoms with Gasteiger partial charge in [0.2, 0.25) is 5.69 Å². The molecule has 2 heterocycles. The van der Waals surface area contributed by atoms with E-state index in [0.717, 1.165) is 6.54 Å². The van der Waals surface area contributed by atoms with Gasteiger partial charge in [-0.2, -0.15) is 0 Å². The number of halogens is 1. The summed E-state index contributed by atoms with van der Waals surface area (Å²) < 4.78 is 2.13. The first-order valence-electron chi connectivity index (χ1n) is 6.61. The molecular formula is C17H17IN2S. The number of hydrogen-bond donors (Lipinski definition) is 0. The highest BCUT2D eigenvalue weighted by Crippen LogP contribution is 2.46. The molecule has 21 heavy (non-hydrogen) atoms. The lowest BCUT2D eigenvalue weighted by atomic mass is 10.3. The maximum absolute atomic E-state index is 3.87. The second-order valence-electron chi connectivity index (χ2n) is 4.69. The molecule has 108 valence electrons. The van der Waals surface area contributed by atoms with Crippen molar-refractivity contribution in [2.45, 2.75) is 4.90 Å². The van der Waals surface area contributed by atoms with Crippen molar-refractivity contribution in [2.24, 2.45) is 7.05 Å². The molecule has 0 aliphatic carbocycles. The molecule has 0 N–H and O–H groups in total. The highest BCUT2D eigenvalue weighted by molar-refractivity contribution is 8.03. The quantitative estimate of drug-likeness (QED) is 0.418. The number of fused-ring (bicyclic) bond motifs is 1. The molecule has 0 saturated heterocycles. The van der Waals surface area contributed by atoms with E-state index in [1.54, 1.807) is 0 Å². The summed E-state index contributed by atoms with van der Waals surface area (Å²) in [4.78, 5) is 3.61. The summed E-state index contributed by atoms with van der Waals surface area (Å²) >= 11 is 1.81. The summed E-state index contributed by atoms with van der Waals surface area (Å²) in [6.07, 6.45) is 6.24. The van der Waals surface area contributed by atoms with E-state index in [1.807, 2.05) is 23.9 Å². The zero-order valence-electron chi connectivity index (χ0n) is 11.9. The van der Waals surface area contributed by atoms with Crippen LogP contribution in [0.15, 0.2) is 71.2 Å². The average Bonchev–Trinajstić information content (AvgIpc) is 2.80. The van der Waals surface area contributed by atoms with Crippen LogP contribution in [0.1, 0.15) is 5.69 Å². The Labute approximate surface area is 147 Å². The first kappa shape index (κ1) is 16.1. The Hall–Kier alpha value is -1.27. The van der Waals surface area contributed by atoms with Crippen LogP contribution < -0.4 is 33.4 Å². The minimum Gasteiger partial charge on any atom is -1.00 e. The molecular weight excluding hydrogens is 391 g/mol. The summed E-state index contributed by atoms with van der Waals surface area (Å²) in [6.45, 7) is 4.70. The number of nitrogens with zero attached hydrogens (tertiary/aromatic N) is 2. The minimum atomic E-state index is 0. The zero-order chi connectivity index (χ0) is 13.9. The molecule has 0 amide bonds. The van der Waals surface area contributed by atoms with Gasteiger partial charge in [-0.3, -0.25) is 0 Å². The van der Waals surface area contributed by atoms with Gasteiger partial charge in [-0.1, -0.05) is 30.0 Å². The fourth-order valence-electron chi connectivity index (χ4n) is 2.29. The van der Waals surface area contributed by atoms with Crippen molar-refractivity contribution in [1.29, 1.82) is 0 Å². The summed E-state index contributed by atoms with van der Waals surface area (Å²) in [5.41, 5.74) is 2.46. The van der Waals surface area contributed by atoms with E-state index in [9.17, 15) is 0 Å². The second kappa shape index (κ2) is 7.13. The van der Waals surface area contributed by atoms with Crippen LogP contribution in [0.25, 0.3) is 6.08 Å². The highest BCUT2D eigenvalue weighted by atomic mass is 127. The summed E-state index contributed by atoms with van der Waals surface area (Å²) in [5.74, 6) is 0. The van der Waals surface area contributed by atoms with Gasteiger partial charge in [-0.15, -0.1) is 6.58 Å². The predicted molar refractivity (Wildman–Crippen MR) is 85.4 cm³/mol. The third-order valence-electron chi connectivity index (χ3n) is 3.31. The van der Waals surface area contributed by atoms with Gasteiger partial charge >= 0.3 is 0 Å². The lowest BCUT2D eigenvalue weighted by Gasteiger charge is -2.17. The standard InChI is InChI=1S/C17H17N2S.HI/c1-3-11-19-15-9-4-5-10-16(15)20-17(19)13-14-8-6-7-12-18(14)2;/h3-10,12-13H,1,11H2,2H3;1H/q+1;/p-1. The fraction of sp³-hybridized carbons (Fsp3) is 0.118. The van der Waals surface area contributed by atoms with E-state index >= 15 is 0 Å². The molecule has 1 aromatic heterocycles. The third-order valence-corrected chi connectivity index (χ3v) is 4.43. The van der Waals surface area contributed by atoms with Gasteiger partial charge in [0.15, 0.2) is 6.20 Å². The molecule has 1 aromatic carbocycles. The average molecular weight is 408 g/mol. The van der Waals surface area contributed by atoms with Crippen molar-refractivity contribution in [3.05, 3.63) is 72.0 Å². The number of thioether (sulfide) groups is 1. The monoisotopic (exact) mass is 408 g/mol. The second-order valence-corrected chi connectivity index (χ2v) is 5.75. The van der Waals surface area contributed by atoms with Gasteiger partial charge in [0.1, 0.15) is 7.05 Å². The van der Waals surface area contributed by atoms with Crippen molar-refractivity contribution in [3.8, 4) is 0 Å². The molecule has 0 unspecified atom stereocenters. The third kappa shape index (κ3) is 3.32. The SMILES string of the molecule is C=CCN1C(=Cc2cccc[n+]2C)Sc2ccccc21.[I-]. The number of rotatable bonds is 3. The number of benzene rings is 1. The van der Waals surface area contributed by atoms with E-state index in [4.69, 9.17) is 0 Å². The van der Waals surface area contributed by atoms with Gasteiger partial charge in [-0.05, 0) is 18.2 Å². The molecule has 0 atom stereocenters. The van der Waals surface area contributed by atoms with Crippen molar-refractivity contribution in [3.63, 3.8) is 0 Å². The lowest BCUT2D eigenvalue weighted by molar-refractivity contribution is -0.673. The number of anilines is 1. The van der Waals surface area contributed by atoms with Crippen LogP contribution in [0, 0.1) is 0 Å². The number of para-hydroxylation sites is 1. The molecule has 3 rings (SSSR count). The Morgan fingerprint density at radius 2 is 1.95 bits per heavy atom. The van der Waals surface area contributed by atoms with Crippen LogP contribution in [0.5, 0.6) is 0 Å². The Morgan fingerprint density at radius 3 is 2.71 bits per heavy atom. The summed E-state index contributed by atoms with van der Waals surface area (Å²) in [6, 6.07) is 14.7. The molecule has 4 heteroatoms. The molecule has 2 aromatic rings. The molecule has 2 nitrogen and oxygen atoms in total. The molecule has 0 saturated carbocycles. The van der Waals surface area contributed by atoms with Gasteiger partial charge < -0.3 is 28.9 Å². The van der Waals surface area contributed by atoms with Gasteiger partial charge in [0.05, 0.1) is 10.7 Å². The van der Waals surface area contributed by atoms with E-state index < -0.39 is 0 Å². The number of hydrogen-bond acceptors (Lipinski definition) is 2. The van der Waals surface area contributed by atoms with Crippen LogP contribution in [-0.2, 0) is 7.05 Å². The maximum Gasteiger partial charge on any atom is 0.207 e. The summed E-state index contributed by atoms with van der Waals surface area (Å²) in [5, 5.41) is 1.24. The Kier molecular flexibility index (Phi) is 5.47. The molecule has 0 bridgehead atoms. The van der Waals surface area contributed by atoms with Crippen LogP contribution >= 0.6 is 11.8 Å². The highest BCUT2D eigenvalue weighted by Gasteiger charge is 2.24. The van der Waals surface area contributed by atoms with E-state index in [0.29, 0.717) is 0 Å². The van der Waals surface area contributed by atoms with Gasteiger partial charge in [-0.25, -0.2) is 4.57 Å². The number of pyridine rings is 1. The largest absolute Gasteiger partial charge is 1.00 e. The normalized spacial score (nSPS) is 14.7. The molecule has 1 aliphatic rings. The van der Waals surface area contributed by atoms with Crippen LogP contribution in [0.4, 0.5) is 5.69 Å². The zero-order valence-corrected chi connectivity index (χ0v) is 14.8. The van der Waals surface area contributed by atoms with Crippen molar-refractivity contribution in [1.82, 2.24) is 0 Å². The van der Waals surface area contributed by atoms with Gasteiger partial charge in [0.25, 0.3) is 0 Å². The van der Waals surface area contributed by atoms with E-state index in [2.05, 4.69) is 71.8 Å². The van der Waals surface area contributed by atoms with Crippen molar-refractivity contribution >= 4 is 23.5 Å². The Bertz CT molecular complexity index is 682. The predicted octanol–water partition coefficient (Wildman–Crippen LogP) is 0.612.